The van der Waals surface area contributed by atoms with E-state index in [1.165, 1.54) is 25.2 Å². The van der Waals surface area contributed by atoms with Crippen LogP contribution in [0.3, 0.4) is 0 Å². The summed E-state index contributed by atoms with van der Waals surface area (Å²) in [5.74, 6) is 1.63. The lowest BCUT2D eigenvalue weighted by molar-refractivity contribution is 0.252. The molecule has 1 N–H and O–H groups in total. The van der Waals surface area contributed by atoms with Crippen LogP contribution in [-0.2, 0) is 6.54 Å². The van der Waals surface area contributed by atoms with Gasteiger partial charge in [0.2, 0.25) is 0 Å². The van der Waals surface area contributed by atoms with E-state index in [0.717, 1.165) is 18.4 Å². The van der Waals surface area contributed by atoms with Crippen molar-refractivity contribution in [2.24, 2.45) is 11.8 Å². The van der Waals surface area contributed by atoms with Gasteiger partial charge in [0.1, 0.15) is 0 Å². The molecule has 1 saturated heterocycles. The molecule has 0 aliphatic carbocycles. The van der Waals surface area contributed by atoms with Gasteiger partial charge in [0.05, 0.1) is 0 Å². The molecule has 1 heterocycles. The maximum atomic E-state index is 3.46. The van der Waals surface area contributed by atoms with E-state index in [1.54, 1.807) is 0 Å². The molecule has 0 aromatic heterocycles. The van der Waals surface area contributed by atoms with Crippen molar-refractivity contribution in [3.63, 3.8) is 0 Å². The fourth-order valence-electron chi connectivity index (χ4n) is 2.47. The minimum atomic E-state index is 0.814. The molecule has 0 spiro atoms. The Labute approximate surface area is 98.7 Å². The van der Waals surface area contributed by atoms with Crippen molar-refractivity contribution in [2.45, 2.75) is 13.5 Å². The third-order valence-corrected chi connectivity index (χ3v) is 3.52. The minimum Gasteiger partial charge on any atom is -0.316 e. The number of hydrogen-bond donors (Lipinski definition) is 1. The molecule has 2 heteroatoms. The van der Waals surface area contributed by atoms with Gasteiger partial charge in [0, 0.05) is 13.1 Å². The van der Waals surface area contributed by atoms with Crippen LogP contribution in [0.1, 0.15) is 12.5 Å². The van der Waals surface area contributed by atoms with E-state index in [9.17, 15) is 0 Å². The third kappa shape index (κ3) is 3.06. The average molecular weight is 218 g/mol. The first-order valence-electron chi connectivity index (χ1n) is 6.19. The van der Waals surface area contributed by atoms with Gasteiger partial charge in [0.15, 0.2) is 0 Å². The first-order valence-corrected chi connectivity index (χ1v) is 6.19. The van der Waals surface area contributed by atoms with Gasteiger partial charge in [0.25, 0.3) is 0 Å². The molecule has 1 aromatic carbocycles. The zero-order valence-corrected chi connectivity index (χ0v) is 10.3. The van der Waals surface area contributed by atoms with Crippen molar-refractivity contribution in [3.8, 4) is 0 Å². The third-order valence-electron chi connectivity index (χ3n) is 3.52. The van der Waals surface area contributed by atoms with Crippen LogP contribution in [0.25, 0.3) is 0 Å². The summed E-state index contributed by atoms with van der Waals surface area (Å²) in [7, 11) is 2.22. The van der Waals surface area contributed by atoms with Crippen molar-refractivity contribution in [1.29, 1.82) is 0 Å². The standard InChI is InChI=1S/C14H22N2/c1-12-8-15-9-14(12)11-16(2)10-13-6-4-3-5-7-13/h3-7,12,14-15H,8-11H2,1-2H3. The number of nitrogens with one attached hydrogen (secondary N) is 1. The molecule has 1 aliphatic rings. The van der Waals surface area contributed by atoms with Crippen LogP contribution in [0.4, 0.5) is 0 Å². The van der Waals surface area contributed by atoms with Gasteiger partial charge < -0.3 is 10.2 Å². The van der Waals surface area contributed by atoms with Crippen LogP contribution in [-0.4, -0.2) is 31.6 Å². The lowest BCUT2D eigenvalue weighted by atomic mass is 9.97. The Balaban J connectivity index is 1.82. The zero-order chi connectivity index (χ0) is 11.4. The molecular weight excluding hydrogens is 196 g/mol. The lowest BCUT2D eigenvalue weighted by Crippen LogP contribution is -2.28. The molecular formula is C14H22N2. The summed E-state index contributed by atoms with van der Waals surface area (Å²) in [6.45, 7) is 6.97. The van der Waals surface area contributed by atoms with Crippen molar-refractivity contribution in [3.05, 3.63) is 35.9 Å². The number of nitrogens with zero attached hydrogens (tertiary/aromatic N) is 1. The summed E-state index contributed by atoms with van der Waals surface area (Å²) in [6.07, 6.45) is 0. The molecule has 88 valence electrons. The first-order chi connectivity index (χ1) is 7.75. The minimum absolute atomic E-state index is 0.814. The topological polar surface area (TPSA) is 15.3 Å². The summed E-state index contributed by atoms with van der Waals surface area (Å²) in [6, 6.07) is 10.7. The average Bonchev–Trinajstić information content (AvgIpc) is 2.66. The highest BCUT2D eigenvalue weighted by Crippen LogP contribution is 2.17. The fraction of sp³-hybridized carbons (Fsp3) is 0.571. The highest BCUT2D eigenvalue weighted by molar-refractivity contribution is 5.14. The molecule has 0 amide bonds. The van der Waals surface area contributed by atoms with Gasteiger partial charge in [-0.25, -0.2) is 0 Å². The van der Waals surface area contributed by atoms with Gasteiger partial charge in [-0.05, 0) is 37.5 Å². The predicted octanol–water partition coefficient (Wildman–Crippen LogP) is 1.97. The maximum absolute atomic E-state index is 3.46. The van der Waals surface area contributed by atoms with Crippen molar-refractivity contribution in [2.75, 3.05) is 26.7 Å². The van der Waals surface area contributed by atoms with Crippen LogP contribution in [0.2, 0.25) is 0 Å². The van der Waals surface area contributed by atoms with E-state index in [2.05, 4.69) is 54.5 Å². The fourth-order valence-corrected chi connectivity index (χ4v) is 2.47. The summed E-state index contributed by atoms with van der Waals surface area (Å²) in [5, 5.41) is 3.46. The molecule has 0 saturated carbocycles. The maximum Gasteiger partial charge on any atom is 0.0230 e. The van der Waals surface area contributed by atoms with E-state index in [-0.39, 0.29) is 0 Å². The number of benzene rings is 1. The Morgan fingerprint density at radius 2 is 2.00 bits per heavy atom. The Bertz CT molecular complexity index is 310. The molecule has 1 fully saturated rings. The molecule has 1 aromatic rings. The Morgan fingerprint density at radius 1 is 1.25 bits per heavy atom. The van der Waals surface area contributed by atoms with Crippen LogP contribution in [0.5, 0.6) is 0 Å². The SMILES string of the molecule is CC1CNCC1CN(C)Cc1ccccc1. The van der Waals surface area contributed by atoms with Gasteiger partial charge in [-0.3, -0.25) is 0 Å². The molecule has 2 unspecified atom stereocenters. The zero-order valence-electron chi connectivity index (χ0n) is 10.3. The van der Waals surface area contributed by atoms with Gasteiger partial charge in [-0.1, -0.05) is 37.3 Å². The van der Waals surface area contributed by atoms with Crippen LogP contribution in [0, 0.1) is 11.8 Å². The monoisotopic (exact) mass is 218 g/mol. The second-order valence-electron chi connectivity index (χ2n) is 5.08. The molecule has 2 nitrogen and oxygen atoms in total. The molecule has 16 heavy (non-hydrogen) atoms. The van der Waals surface area contributed by atoms with Crippen LogP contribution < -0.4 is 5.32 Å². The summed E-state index contributed by atoms with van der Waals surface area (Å²) >= 11 is 0. The van der Waals surface area contributed by atoms with Crippen molar-refractivity contribution >= 4 is 0 Å². The Kier molecular flexibility index (Phi) is 3.97. The molecule has 0 bridgehead atoms. The second kappa shape index (κ2) is 5.46. The summed E-state index contributed by atoms with van der Waals surface area (Å²) in [4.78, 5) is 2.43. The highest BCUT2D eigenvalue weighted by Gasteiger charge is 2.23. The van der Waals surface area contributed by atoms with E-state index in [4.69, 9.17) is 0 Å². The first kappa shape index (κ1) is 11.6. The van der Waals surface area contributed by atoms with E-state index >= 15 is 0 Å². The largest absolute Gasteiger partial charge is 0.316 e. The molecule has 2 rings (SSSR count). The highest BCUT2D eigenvalue weighted by atomic mass is 15.1. The van der Waals surface area contributed by atoms with Crippen molar-refractivity contribution < 1.29 is 0 Å². The quantitative estimate of drug-likeness (QED) is 0.831. The Hall–Kier alpha value is -0.860. The summed E-state index contributed by atoms with van der Waals surface area (Å²) in [5.41, 5.74) is 1.41. The van der Waals surface area contributed by atoms with Crippen LogP contribution in [0.15, 0.2) is 30.3 Å². The van der Waals surface area contributed by atoms with Gasteiger partial charge >= 0.3 is 0 Å². The normalized spacial score (nSPS) is 25.2. The Morgan fingerprint density at radius 3 is 2.62 bits per heavy atom. The lowest BCUT2D eigenvalue weighted by Gasteiger charge is -2.23. The van der Waals surface area contributed by atoms with Gasteiger partial charge in [-0.15, -0.1) is 0 Å². The smallest absolute Gasteiger partial charge is 0.0230 e. The predicted molar refractivity (Wildman–Crippen MR) is 68.3 cm³/mol. The van der Waals surface area contributed by atoms with E-state index < -0.39 is 0 Å². The molecule has 0 radical (unpaired) electrons. The van der Waals surface area contributed by atoms with Crippen LogP contribution >= 0.6 is 0 Å². The number of hydrogen-bond acceptors (Lipinski definition) is 2. The van der Waals surface area contributed by atoms with E-state index in [0.29, 0.717) is 0 Å². The second-order valence-corrected chi connectivity index (χ2v) is 5.08. The number of rotatable bonds is 4. The molecule has 1 aliphatic heterocycles. The van der Waals surface area contributed by atoms with E-state index in [1.807, 2.05) is 0 Å². The van der Waals surface area contributed by atoms with Crippen molar-refractivity contribution in [1.82, 2.24) is 10.2 Å². The van der Waals surface area contributed by atoms with Gasteiger partial charge in [-0.2, -0.15) is 0 Å². The molecule has 2 atom stereocenters. The summed E-state index contributed by atoms with van der Waals surface area (Å²) < 4.78 is 0.